The minimum absolute atomic E-state index is 0.140. The number of nitrogens with zero attached hydrogens (tertiary/aromatic N) is 3. The first-order valence-corrected chi connectivity index (χ1v) is 10.1. The first-order chi connectivity index (χ1) is 15.4. The van der Waals surface area contributed by atoms with Gasteiger partial charge in [-0.1, -0.05) is 24.3 Å². The lowest BCUT2D eigenvalue weighted by Crippen LogP contribution is -2.16. The van der Waals surface area contributed by atoms with Crippen LogP contribution in [0.2, 0.25) is 5.02 Å². The molecule has 0 fully saturated rings. The fraction of sp³-hybridized carbons (Fsp3) is 0.318. The Balaban J connectivity index is 2.33. The van der Waals surface area contributed by atoms with E-state index in [1.165, 1.54) is 20.3 Å². The van der Waals surface area contributed by atoms with Gasteiger partial charge in [0.15, 0.2) is 23.2 Å². The van der Waals surface area contributed by atoms with E-state index in [2.05, 4.69) is 16.8 Å². The summed E-state index contributed by atoms with van der Waals surface area (Å²) in [5.74, 6) is -0.299. The molecular formula is C22H24ClN3O6. The maximum absolute atomic E-state index is 11.6. The van der Waals surface area contributed by atoms with Crippen molar-refractivity contribution in [3.8, 4) is 5.69 Å². The molecule has 0 radical (unpaired) electrons. The van der Waals surface area contributed by atoms with Gasteiger partial charge < -0.3 is 24.4 Å². The molecule has 10 heteroatoms. The third-order valence-electron chi connectivity index (χ3n) is 4.98. The number of hydrogen-bond donors (Lipinski definition) is 2. The minimum Gasteiger partial charge on any atom is -0.504 e. The van der Waals surface area contributed by atoms with E-state index in [9.17, 15) is 15.0 Å². The lowest BCUT2D eigenvalue weighted by molar-refractivity contribution is -0.141. The van der Waals surface area contributed by atoms with E-state index in [0.29, 0.717) is 27.9 Å². The molecule has 32 heavy (non-hydrogen) atoms. The summed E-state index contributed by atoms with van der Waals surface area (Å²) in [5.41, 5.74) is 1.47. The molecule has 0 amide bonds. The second kappa shape index (κ2) is 9.99. The molecule has 170 valence electrons. The molecule has 0 saturated heterocycles. The van der Waals surface area contributed by atoms with E-state index in [0.717, 1.165) is 0 Å². The number of carbonyl (C=O) groups is 1. The average molecular weight is 462 g/mol. The van der Waals surface area contributed by atoms with Gasteiger partial charge in [-0.05, 0) is 31.2 Å². The SMILES string of the molecule is C=C/C(=C(O)\C(=C/C)OC)C1OC(CC(=O)O)c2nnc(COC)n2-c2ccc(Cl)cc21. The Bertz CT molecular complexity index is 1090. The van der Waals surface area contributed by atoms with Crippen LogP contribution in [0.5, 0.6) is 0 Å². The first-order valence-electron chi connectivity index (χ1n) is 9.72. The van der Waals surface area contributed by atoms with E-state index >= 15 is 0 Å². The molecule has 0 bridgehead atoms. The number of benzene rings is 1. The molecule has 9 nitrogen and oxygen atoms in total. The van der Waals surface area contributed by atoms with Crippen molar-refractivity contribution in [2.75, 3.05) is 14.2 Å². The summed E-state index contributed by atoms with van der Waals surface area (Å²) in [6.45, 7) is 5.67. The number of allylic oxidation sites excluding steroid dienone is 1. The van der Waals surface area contributed by atoms with Crippen molar-refractivity contribution in [2.24, 2.45) is 0 Å². The molecule has 1 aliphatic heterocycles. The highest BCUT2D eigenvalue weighted by atomic mass is 35.5. The number of carboxylic acids is 1. The maximum atomic E-state index is 11.6. The van der Waals surface area contributed by atoms with Crippen molar-refractivity contribution in [3.63, 3.8) is 0 Å². The predicted molar refractivity (Wildman–Crippen MR) is 117 cm³/mol. The quantitative estimate of drug-likeness (QED) is 0.443. The number of aliphatic hydroxyl groups excluding tert-OH is 1. The monoisotopic (exact) mass is 461 g/mol. The number of fused-ring (bicyclic) bond motifs is 3. The van der Waals surface area contributed by atoms with Gasteiger partial charge >= 0.3 is 5.97 Å². The van der Waals surface area contributed by atoms with Gasteiger partial charge in [-0.15, -0.1) is 10.2 Å². The van der Waals surface area contributed by atoms with Gasteiger partial charge in [-0.2, -0.15) is 0 Å². The van der Waals surface area contributed by atoms with Crippen molar-refractivity contribution in [2.45, 2.75) is 32.2 Å². The summed E-state index contributed by atoms with van der Waals surface area (Å²) < 4.78 is 18.5. The molecule has 1 aliphatic rings. The number of aliphatic carboxylic acids is 1. The van der Waals surface area contributed by atoms with Crippen molar-refractivity contribution >= 4 is 17.6 Å². The first kappa shape index (κ1) is 23.5. The van der Waals surface area contributed by atoms with E-state index in [1.807, 2.05) is 0 Å². The van der Waals surface area contributed by atoms with E-state index in [-0.39, 0.29) is 30.1 Å². The van der Waals surface area contributed by atoms with Crippen LogP contribution >= 0.6 is 11.6 Å². The van der Waals surface area contributed by atoms with Gasteiger partial charge in [0, 0.05) is 23.3 Å². The summed E-state index contributed by atoms with van der Waals surface area (Å²) in [5, 5.41) is 29.2. The molecule has 2 aromatic rings. The van der Waals surface area contributed by atoms with Gasteiger partial charge in [0.05, 0.1) is 19.2 Å². The molecule has 0 saturated carbocycles. The van der Waals surface area contributed by atoms with Gasteiger partial charge in [0.2, 0.25) is 0 Å². The van der Waals surface area contributed by atoms with Crippen LogP contribution in [0.15, 0.2) is 54.0 Å². The van der Waals surface area contributed by atoms with Crippen molar-refractivity contribution in [1.29, 1.82) is 0 Å². The van der Waals surface area contributed by atoms with Crippen LogP contribution in [-0.2, 0) is 25.6 Å². The molecule has 1 aromatic carbocycles. The highest BCUT2D eigenvalue weighted by Crippen LogP contribution is 2.43. The van der Waals surface area contributed by atoms with Crippen LogP contribution in [0.1, 0.15) is 42.8 Å². The normalized spacial score (nSPS) is 18.8. The third kappa shape index (κ3) is 4.40. The molecule has 2 atom stereocenters. The Kier molecular flexibility index (Phi) is 7.34. The Morgan fingerprint density at radius 3 is 2.69 bits per heavy atom. The Hall–Kier alpha value is -3.14. The zero-order valence-corrected chi connectivity index (χ0v) is 18.7. The topological polar surface area (TPSA) is 116 Å². The number of halogens is 1. The standard InChI is InChI=1S/C22H24ClN3O6/c1-5-13(20(29)16(6-2)31-4)21-14-9-12(23)7-8-15(14)26-18(11-30-3)24-25-22(26)17(32-21)10-19(27)28/h5-9,17,21,29H,1,10-11H2,2-4H3,(H,27,28)/b16-6+,20-13-. The van der Waals surface area contributed by atoms with E-state index in [4.69, 9.17) is 25.8 Å². The molecule has 2 heterocycles. The summed E-state index contributed by atoms with van der Waals surface area (Å²) in [4.78, 5) is 11.6. The number of ether oxygens (including phenoxy) is 3. The van der Waals surface area contributed by atoms with Crippen LogP contribution in [-0.4, -0.2) is 45.2 Å². The lowest BCUT2D eigenvalue weighted by Gasteiger charge is -2.24. The summed E-state index contributed by atoms with van der Waals surface area (Å²) in [7, 11) is 2.95. The molecule has 2 unspecified atom stereocenters. The fourth-order valence-corrected chi connectivity index (χ4v) is 3.80. The van der Waals surface area contributed by atoms with Gasteiger partial charge in [0.1, 0.15) is 18.8 Å². The predicted octanol–water partition coefficient (Wildman–Crippen LogP) is 4.20. The number of methoxy groups -OCH3 is 2. The summed E-state index contributed by atoms with van der Waals surface area (Å²) >= 11 is 6.31. The zero-order chi connectivity index (χ0) is 23.4. The van der Waals surface area contributed by atoms with Gasteiger partial charge in [0.25, 0.3) is 0 Å². The highest BCUT2D eigenvalue weighted by molar-refractivity contribution is 6.30. The number of rotatable bonds is 8. The van der Waals surface area contributed by atoms with Crippen molar-refractivity contribution in [3.05, 3.63) is 76.3 Å². The second-order valence-electron chi connectivity index (χ2n) is 6.91. The Labute approximate surface area is 190 Å². The third-order valence-corrected chi connectivity index (χ3v) is 5.22. The van der Waals surface area contributed by atoms with Crippen molar-refractivity contribution in [1.82, 2.24) is 14.8 Å². The summed E-state index contributed by atoms with van der Waals surface area (Å²) in [6.07, 6.45) is 0.742. The Morgan fingerprint density at radius 2 is 2.09 bits per heavy atom. The molecule has 0 spiro atoms. The Morgan fingerprint density at radius 1 is 1.34 bits per heavy atom. The molecular weight excluding hydrogens is 438 g/mol. The average Bonchev–Trinajstić information content (AvgIpc) is 3.12. The zero-order valence-electron chi connectivity index (χ0n) is 17.9. The largest absolute Gasteiger partial charge is 0.504 e. The fourth-order valence-electron chi connectivity index (χ4n) is 3.62. The van der Waals surface area contributed by atoms with Crippen LogP contribution in [0.25, 0.3) is 5.69 Å². The number of carboxylic acid groups (broad SMARTS) is 1. The molecule has 1 aromatic heterocycles. The van der Waals surface area contributed by atoms with Crippen LogP contribution in [0.4, 0.5) is 0 Å². The smallest absolute Gasteiger partial charge is 0.306 e. The van der Waals surface area contributed by atoms with Crippen LogP contribution < -0.4 is 0 Å². The summed E-state index contributed by atoms with van der Waals surface area (Å²) in [6, 6.07) is 5.14. The molecule has 0 aliphatic carbocycles. The minimum atomic E-state index is -1.08. The number of hydrogen-bond acceptors (Lipinski definition) is 7. The second-order valence-corrected chi connectivity index (χ2v) is 7.35. The lowest BCUT2D eigenvalue weighted by atomic mass is 9.97. The number of aliphatic hydroxyl groups is 1. The molecule has 3 rings (SSSR count). The van der Waals surface area contributed by atoms with Crippen LogP contribution in [0, 0.1) is 0 Å². The molecule has 2 N–H and O–H groups in total. The van der Waals surface area contributed by atoms with Gasteiger partial charge in [-0.25, -0.2) is 0 Å². The highest BCUT2D eigenvalue weighted by Gasteiger charge is 2.36. The van der Waals surface area contributed by atoms with Gasteiger partial charge in [-0.3, -0.25) is 9.36 Å². The van der Waals surface area contributed by atoms with Crippen molar-refractivity contribution < 1.29 is 29.2 Å². The maximum Gasteiger partial charge on any atom is 0.306 e. The van der Waals surface area contributed by atoms with E-state index < -0.39 is 18.2 Å². The number of aromatic nitrogens is 3. The van der Waals surface area contributed by atoms with Crippen LogP contribution in [0.3, 0.4) is 0 Å². The van der Waals surface area contributed by atoms with E-state index in [1.54, 1.807) is 35.8 Å².